The van der Waals surface area contributed by atoms with Gasteiger partial charge in [-0.1, -0.05) is 23.7 Å². The Kier molecular flexibility index (Phi) is 5.89. The summed E-state index contributed by atoms with van der Waals surface area (Å²) in [6, 6.07) is 9.17. The lowest BCUT2D eigenvalue weighted by Gasteiger charge is -2.15. The molecule has 6 nitrogen and oxygen atoms in total. The SMILES string of the molecule is Cc1c(C(N)=O)cc(-c2csc(COc3ccccc3Cl)n2)n1CC1CCCO1. The van der Waals surface area contributed by atoms with Crippen LogP contribution in [-0.4, -0.2) is 28.2 Å². The van der Waals surface area contributed by atoms with Crippen LogP contribution in [0.4, 0.5) is 0 Å². The number of primary amides is 1. The van der Waals surface area contributed by atoms with E-state index in [1.807, 2.05) is 36.6 Å². The van der Waals surface area contributed by atoms with Gasteiger partial charge in [-0.15, -0.1) is 11.3 Å². The van der Waals surface area contributed by atoms with Crippen molar-refractivity contribution in [3.63, 3.8) is 0 Å². The zero-order valence-corrected chi connectivity index (χ0v) is 17.6. The molecular weight excluding hydrogens is 410 g/mol. The maximum absolute atomic E-state index is 11.9. The summed E-state index contributed by atoms with van der Waals surface area (Å²) in [5.74, 6) is 0.187. The number of hydrogen-bond acceptors (Lipinski definition) is 5. The monoisotopic (exact) mass is 431 g/mol. The van der Waals surface area contributed by atoms with Crippen molar-refractivity contribution in [2.24, 2.45) is 5.73 Å². The van der Waals surface area contributed by atoms with E-state index in [9.17, 15) is 4.79 Å². The summed E-state index contributed by atoms with van der Waals surface area (Å²) in [5, 5.41) is 3.36. The Bertz CT molecular complexity index is 1020. The Balaban J connectivity index is 1.58. The van der Waals surface area contributed by atoms with Crippen LogP contribution in [-0.2, 0) is 17.9 Å². The number of halogens is 1. The van der Waals surface area contributed by atoms with Crippen molar-refractivity contribution in [1.29, 1.82) is 0 Å². The third-order valence-corrected chi connectivity index (χ3v) is 6.18. The van der Waals surface area contributed by atoms with Crippen molar-refractivity contribution in [1.82, 2.24) is 9.55 Å². The molecule has 29 heavy (non-hydrogen) atoms. The number of nitrogens with two attached hydrogens (primary N) is 1. The van der Waals surface area contributed by atoms with E-state index in [1.54, 1.807) is 6.07 Å². The minimum atomic E-state index is -0.438. The first-order chi connectivity index (χ1) is 14.0. The molecule has 3 heterocycles. The first kappa shape index (κ1) is 19.9. The average Bonchev–Trinajstić information content (AvgIpc) is 3.43. The van der Waals surface area contributed by atoms with Gasteiger partial charge in [-0.3, -0.25) is 4.79 Å². The summed E-state index contributed by atoms with van der Waals surface area (Å²) >= 11 is 7.65. The highest BCUT2D eigenvalue weighted by Gasteiger charge is 2.23. The molecule has 152 valence electrons. The Hall–Kier alpha value is -2.35. The second-order valence-electron chi connectivity index (χ2n) is 6.98. The highest BCUT2D eigenvalue weighted by atomic mass is 35.5. The van der Waals surface area contributed by atoms with Crippen LogP contribution in [0.15, 0.2) is 35.7 Å². The van der Waals surface area contributed by atoms with Gasteiger partial charge in [0.25, 0.3) is 5.91 Å². The molecule has 1 fully saturated rings. The zero-order valence-electron chi connectivity index (χ0n) is 16.1. The van der Waals surface area contributed by atoms with Crippen LogP contribution in [0.5, 0.6) is 5.75 Å². The summed E-state index contributed by atoms with van der Waals surface area (Å²) in [6.07, 6.45) is 2.21. The molecule has 2 aromatic heterocycles. The van der Waals surface area contributed by atoms with Crippen LogP contribution in [0.25, 0.3) is 11.4 Å². The van der Waals surface area contributed by atoms with Gasteiger partial charge in [0.15, 0.2) is 0 Å². The normalized spacial score (nSPS) is 16.3. The highest BCUT2D eigenvalue weighted by molar-refractivity contribution is 7.09. The topological polar surface area (TPSA) is 79.4 Å². The third kappa shape index (κ3) is 4.32. The first-order valence-electron chi connectivity index (χ1n) is 9.46. The lowest BCUT2D eigenvalue weighted by Crippen LogP contribution is -2.18. The lowest BCUT2D eigenvalue weighted by molar-refractivity contribution is 0.0961. The standard InChI is InChI=1S/C21H22ClN3O3S/c1-13-15(21(23)26)9-18(25(13)10-14-5-4-8-27-14)17-12-29-20(24-17)11-28-19-7-3-2-6-16(19)22/h2-3,6-7,9,12,14H,4-5,8,10-11H2,1H3,(H2,23,26). The minimum Gasteiger partial charge on any atom is -0.485 e. The fraction of sp³-hybridized carbons (Fsp3) is 0.333. The van der Waals surface area contributed by atoms with Gasteiger partial charge in [0.1, 0.15) is 17.4 Å². The second-order valence-corrected chi connectivity index (χ2v) is 8.33. The number of ether oxygens (including phenoxy) is 2. The van der Waals surface area contributed by atoms with Crippen molar-refractivity contribution < 1.29 is 14.3 Å². The summed E-state index contributed by atoms with van der Waals surface area (Å²) in [4.78, 5) is 16.6. The lowest BCUT2D eigenvalue weighted by atomic mass is 10.2. The molecule has 1 aromatic carbocycles. The fourth-order valence-electron chi connectivity index (χ4n) is 3.53. The predicted molar refractivity (Wildman–Crippen MR) is 114 cm³/mol. The van der Waals surface area contributed by atoms with Crippen molar-refractivity contribution in [3.05, 3.63) is 57.0 Å². The average molecular weight is 432 g/mol. The van der Waals surface area contributed by atoms with E-state index in [1.165, 1.54) is 11.3 Å². The van der Waals surface area contributed by atoms with Crippen LogP contribution in [0.1, 0.15) is 33.9 Å². The van der Waals surface area contributed by atoms with Crippen LogP contribution in [0.2, 0.25) is 5.02 Å². The maximum atomic E-state index is 11.9. The van der Waals surface area contributed by atoms with Gasteiger partial charge in [0.05, 0.1) is 28.1 Å². The summed E-state index contributed by atoms with van der Waals surface area (Å²) in [5.41, 5.74) is 8.59. The molecule has 0 spiro atoms. The van der Waals surface area contributed by atoms with Gasteiger partial charge in [-0.05, 0) is 38.0 Å². The Morgan fingerprint density at radius 3 is 3.00 bits per heavy atom. The molecule has 1 unspecified atom stereocenters. The third-order valence-electron chi connectivity index (χ3n) is 5.04. The molecule has 0 bridgehead atoms. The van der Waals surface area contributed by atoms with Gasteiger partial charge in [0, 0.05) is 24.2 Å². The van der Waals surface area contributed by atoms with Crippen LogP contribution < -0.4 is 10.5 Å². The van der Waals surface area contributed by atoms with Crippen molar-refractivity contribution in [3.8, 4) is 17.1 Å². The number of nitrogens with zero attached hydrogens (tertiary/aromatic N) is 2. The molecule has 2 N–H and O–H groups in total. The number of amides is 1. The molecule has 0 saturated carbocycles. The number of thiazole rings is 1. The van der Waals surface area contributed by atoms with Crippen molar-refractivity contribution in [2.75, 3.05) is 6.61 Å². The molecule has 1 aliphatic heterocycles. The zero-order chi connectivity index (χ0) is 20.4. The summed E-state index contributed by atoms with van der Waals surface area (Å²) < 4.78 is 13.7. The first-order valence-corrected chi connectivity index (χ1v) is 10.7. The number of benzene rings is 1. The smallest absolute Gasteiger partial charge is 0.250 e. The number of rotatable bonds is 7. The molecule has 1 aliphatic rings. The second kappa shape index (κ2) is 8.57. The van der Waals surface area contributed by atoms with E-state index in [-0.39, 0.29) is 6.10 Å². The molecule has 8 heteroatoms. The van der Waals surface area contributed by atoms with E-state index in [2.05, 4.69) is 4.57 Å². The van der Waals surface area contributed by atoms with Crippen LogP contribution >= 0.6 is 22.9 Å². The van der Waals surface area contributed by atoms with E-state index in [0.29, 0.717) is 29.5 Å². The van der Waals surface area contributed by atoms with E-state index >= 15 is 0 Å². The molecule has 4 rings (SSSR count). The predicted octanol–water partition coefficient (Wildman–Crippen LogP) is 4.43. The van der Waals surface area contributed by atoms with E-state index in [0.717, 1.165) is 41.5 Å². The van der Waals surface area contributed by atoms with E-state index in [4.69, 9.17) is 31.8 Å². The Morgan fingerprint density at radius 1 is 1.45 bits per heavy atom. The number of aromatic nitrogens is 2. The number of carbonyl (C=O) groups excluding carboxylic acids is 1. The quantitative estimate of drug-likeness (QED) is 0.600. The molecule has 3 aromatic rings. The highest BCUT2D eigenvalue weighted by Crippen LogP contribution is 2.30. The summed E-state index contributed by atoms with van der Waals surface area (Å²) in [7, 11) is 0. The number of para-hydroxylation sites is 1. The van der Waals surface area contributed by atoms with E-state index < -0.39 is 5.91 Å². The van der Waals surface area contributed by atoms with Crippen LogP contribution in [0, 0.1) is 6.92 Å². The molecule has 1 amide bonds. The minimum absolute atomic E-state index is 0.141. The molecule has 0 radical (unpaired) electrons. The van der Waals surface area contributed by atoms with Gasteiger partial charge in [-0.2, -0.15) is 0 Å². The molecular formula is C21H22ClN3O3S. The van der Waals surface area contributed by atoms with Crippen molar-refractivity contribution >= 4 is 28.8 Å². The van der Waals surface area contributed by atoms with Gasteiger partial charge in [0.2, 0.25) is 0 Å². The number of carbonyl (C=O) groups is 1. The molecule has 1 atom stereocenters. The Morgan fingerprint density at radius 2 is 2.28 bits per heavy atom. The Labute approximate surface area is 178 Å². The van der Waals surface area contributed by atoms with Crippen molar-refractivity contribution in [2.45, 2.75) is 39.0 Å². The molecule has 0 aliphatic carbocycles. The maximum Gasteiger partial charge on any atom is 0.250 e. The summed E-state index contributed by atoms with van der Waals surface area (Å²) in [6.45, 7) is 3.69. The largest absolute Gasteiger partial charge is 0.485 e. The van der Waals surface area contributed by atoms with Crippen LogP contribution in [0.3, 0.4) is 0 Å². The number of hydrogen-bond donors (Lipinski definition) is 1. The fourth-order valence-corrected chi connectivity index (χ4v) is 4.42. The van der Waals surface area contributed by atoms with Gasteiger partial charge in [-0.25, -0.2) is 4.98 Å². The van der Waals surface area contributed by atoms with Gasteiger partial charge < -0.3 is 19.8 Å². The molecule has 1 saturated heterocycles. The van der Waals surface area contributed by atoms with Gasteiger partial charge >= 0.3 is 0 Å².